The smallest absolute Gasteiger partial charge is 0.254 e. The second kappa shape index (κ2) is 6.71. The number of piperidine rings is 1. The van der Waals surface area contributed by atoms with Crippen molar-refractivity contribution in [2.45, 2.75) is 39.2 Å². The van der Waals surface area contributed by atoms with Crippen molar-refractivity contribution in [1.82, 2.24) is 10.2 Å². The van der Waals surface area contributed by atoms with Gasteiger partial charge in [-0.3, -0.25) is 4.79 Å². The molecule has 1 N–H and O–H groups in total. The van der Waals surface area contributed by atoms with E-state index in [9.17, 15) is 4.79 Å². The number of carbonyl (C=O) groups excluding carboxylic acids is 1. The molecule has 1 amide bonds. The van der Waals surface area contributed by atoms with E-state index in [4.69, 9.17) is 0 Å². The summed E-state index contributed by atoms with van der Waals surface area (Å²) in [6.07, 6.45) is 3.28. The molecule has 0 aliphatic carbocycles. The number of hydrogen-bond donors (Lipinski definition) is 1. The minimum Gasteiger partial charge on any atom is -0.334 e. The van der Waals surface area contributed by atoms with Gasteiger partial charge >= 0.3 is 0 Å². The van der Waals surface area contributed by atoms with Gasteiger partial charge in [0.2, 0.25) is 0 Å². The molecule has 0 bridgehead atoms. The highest BCUT2D eigenvalue weighted by Crippen LogP contribution is 2.17. The van der Waals surface area contributed by atoms with Gasteiger partial charge in [0, 0.05) is 24.7 Å². The molecule has 1 saturated heterocycles. The van der Waals surface area contributed by atoms with Crippen LogP contribution in [-0.4, -0.2) is 36.5 Å². The lowest BCUT2D eigenvalue weighted by Gasteiger charge is -2.35. The maximum Gasteiger partial charge on any atom is 0.254 e. The van der Waals surface area contributed by atoms with E-state index in [0.29, 0.717) is 6.04 Å². The lowest BCUT2D eigenvalue weighted by molar-refractivity contribution is 0.0648. The summed E-state index contributed by atoms with van der Waals surface area (Å²) in [4.78, 5) is 14.8. The lowest BCUT2D eigenvalue weighted by atomic mass is 10.0. The van der Waals surface area contributed by atoms with E-state index in [0.717, 1.165) is 50.0 Å². The first-order chi connectivity index (χ1) is 9.24. The Labute approximate surface area is 116 Å². The molecule has 0 saturated carbocycles. The van der Waals surface area contributed by atoms with Crippen molar-refractivity contribution in [2.75, 3.05) is 19.6 Å². The number of benzene rings is 1. The van der Waals surface area contributed by atoms with Gasteiger partial charge in [-0.1, -0.05) is 25.1 Å². The number of hydrogen-bond acceptors (Lipinski definition) is 2. The number of aryl methyl sites for hydroxylation is 1. The van der Waals surface area contributed by atoms with Gasteiger partial charge in [-0.15, -0.1) is 0 Å². The topological polar surface area (TPSA) is 32.3 Å². The van der Waals surface area contributed by atoms with Crippen LogP contribution in [0.2, 0.25) is 0 Å². The molecule has 1 aromatic carbocycles. The largest absolute Gasteiger partial charge is 0.334 e. The monoisotopic (exact) mass is 260 g/mol. The molecule has 1 aromatic rings. The number of nitrogens with zero attached hydrogens (tertiary/aromatic N) is 1. The Morgan fingerprint density at radius 2 is 2.21 bits per heavy atom. The predicted molar refractivity (Wildman–Crippen MR) is 78.4 cm³/mol. The Morgan fingerprint density at radius 3 is 2.84 bits per heavy atom. The molecule has 1 heterocycles. The van der Waals surface area contributed by atoms with Gasteiger partial charge in [-0.05, 0) is 44.4 Å². The van der Waals surface area contributed by atoms with Gasteiger partial charge in [0.15, 0.2) is 0 Å². The average Bonchev–Trinajstić information content (AvgIpc) is 2.45. The normalized spacial score (nSPS) is 19.2. The van der Waals surface area contributed by atoms with Crippen molar-refractivity contribution in [3.63, 3.8) is 0 Å². The summed E-state index contributed by atoms with van der Waals surface area (Å²) in [5, 5.41) is 3.40. The molecule has 1 unspecified atom stereocenters. The Bertz CT molecular complexity index is 425. The van der Waals surface area contributed by atoms with Crippen LogP contribution in [0.3, 0.4) is 0 Å². The molecule has 0 spiro atoms. The van der Waals surface area contributed by atoms with Crippen LogP contribution in [0.25, 0.3) is 0 Å². The van der Waals surface area contributed by atoms with Crippen LogP contribution in [0, 0.1) is 6.92 Å². The quantitative estimate of drug-likeness (QED) is 0.902. The van der Waals surface area contributed by atoms with E-state index in [1.54, 1.807) is 0 Å². The number of carbonyl (C=O) groups is 1. The Morgan fingerprint density at radius 1 is 1.42 bits per heavy atom. The number of rotatable bonds is 4. The van der Waals surface area contributed by atoms with E-state index in [1.807, 2.05) is 31.2 Å². The van der Waals surface area contributed by atoms with Crippen molar-refractivity contribution in [2.24, 2.45) is 0 Å². The summed E-state index contributed by atoms with van der Waals surface area (Å²) in [5.41, 5.74) is 1.92. The molecule has 1 atom stereocenters. The first-order valence-electron chi connectivity index (χ1n) is 7.31. The van der Waals surface area contributed by atoms with Gasteiger partial charge in [-0.25, -0.2) is 0 Å². The summed E-state index contributed by atoms with van der Waals surface area (Å²) >= 11 is 0. The second-order valence-electron chi connectivity index (χ2n) is 5.31. The van der Waals surface area contributed by atoms with Crippen LogP contribution in [0.1, 0.15) is 42.1 Å². The van der Waals surface area contributed by atoms with Crippen LogP contribution < -0.4 is 5.32 Å². The molecule has 0 radical (unpaired) electrons. The summed E-state index contributed by atoms with van der Waals surface area (Å²) in [6.45, 7) is 7.00. The molecular weight excluding hydrogens is 236 g/mol. The molecule has 1 aliphatic heterocycles. The summed E-state index contributed by atoms with van der Waals surface area (Å²) in [6, 6.07) is 8.23. The summed E-state index contributed by atoms with van der Waals surface area (Å²) in [7, 11) is 0. The molecule has 19 heavy (non-hydrogen) atoms. The zero-order valence-corrected chi connectivity index (χ0v) is 12.0. The molecule has 0 aromatic heterocycles. The standard InChI is InChI=1S/C16H24N2O/c1-3-11-18(14-8-6-10-17-12-14)16(19)15-9-5-4-7-13(15)2/h4-5,7,9,14,17H,3,6,8,10-12H2,1-2H3. The maximum atomic E-state index is 12.8. The highest BCUT2D eigenvalue weighted by Gasteiger charge is 2.26. The van der Waals surface area contributed by atoms with Crippen molar-refractivity contribution in [3.05, 3.63) is 35.4 Å². The van der Waals surface area contributed by atoms with Crippen molar-refractivity contribution in [1.29, 1.82) is 0 Å². The van der Waals surface area contributed by atoms with Crippen LogP contribution in [0.4, 0.5) is 0 Å². The van der Waals surface area contributed by atoms with Gasteiger partial charge in [0.25, 0.3) is 5.91 Å². The fourth-order valence-corrected chi connectivity index (χ4v) is 2.76. The third kappa shape index (κ3) is 3.35. The third-order valence-corrected chi connectivity index (χ3v) is 3.81. The molecule has 1 fully saturated rings. The summed E-state index contributed by atoms with van der Waals surface area (Å²) in [5.74, 6) is 0.189. The van der Waals surface area contributed by atoms with E-state index >= 15 is 0 Å². The zero-order chi connectivity index (χ0) is 13.7. The highest BCUT2D eigenvalue weighted by molar-refractivity contribution is 5.95. The minimum absolute atomic E-state index is 0.189. The first-order valence-corrected chi connectivity index (χ1v) is 7.31. The average molecular weight is 260 g/mol. The molecule has 3 nitrogen and oxygen atoms in total. The van der Waals surface area contributed by atoms with E-state index in [-0.39, 0.29) is 5.91 Å². The van der Waals surface area contributed by atoms with Crippen molar-refractivity contribution < 1.29 is 4.79 Å². The third-order valence-electron chi connectivity index (χ3n) is 3.81. The molecule has 1 aliphatic rings. The number of amides is 1. The Hall–Kier alpha value is -1.35. The molecular formula is C16H24N2O. The van der Waals surface area contributed by atoms with Crippen molar-refractivity contribution in [3.8, 4) is 0 Å². The van der Waals surface area contributed by atoms with Gasteiger partial charge < -0.3 is 10.2 Å². The molecule has 3 heteroatoms. The van der Waals surface area contributed by atoms with E-state index in [1.165, 1.54) is 0 Å². The minimum atomic E-state index is 0.189. The first kappa shape index (κ1) is 14.1. The number of nitrogens with one attached hydrogen (secondary N) is 1. The lowest BCUT2D eigenvalue weighted by Crippen LogP contribution is -2.49. The van der Waals surface area contributed by atoms with Gasteiger partial charge in [0.05, 0.1) is 0 Å². The van der Waals surface area contributed by atoms with E-state index in [2.05, 4.69) is 17.1 Å². The second-order valence-corrected chi connectivity index (χ2v) is 5.31. The van der Waals surface area contributed by atoms with E-state index < -0.39 is 0 Å². The zero-order valence-electron chi connectivity index (χ0n) is 12.0. The Balaban J connectivity index is 2.18. The van der Waals surface area contributed by atoms with Gasteiger partial charge in [0.1, 0.15) is 0 Å². The SMILES string of the molecule is CCCN(C(=O)c1ccccc1C)C1CCCNC1. The fourth-order valence-electron chi connectivity index (χ4n) is 2.76. The molecule has 104 valence electrons. The summed E-state index contributed by atoms with van der Waals surface area (Å²) < 4.78 is 0. The van der Waals surface area contributed by atoms with Gasteiger partial charge in [-0.2, -0.15) is 0 Å². The molecule has 2 rings (SSSR count). The maximum absolute atomic E-state index is 12.8. The predicted octanol–water partition coefficient (Wildman–Crippen LogP) is 2.60. The van der Waals surface area contributed by atoms with Crippen LogP contribution in [-0.2, 0) is 0 Å². The van der Waals surface area contributed by atoms with Crippen molar-refractivity contribution >= 4 is 5.91 Å². The Kier molecular flexibility index (Phi) is 4.97. The van der Waals surface area contributed by atoms with Crippen LogP contribution in [0.15, 0.2) is 24.3 Å². The fraction of sp³-hybridized carbons (Fsp3) is 0.562. The van der Waals surface area contributed by atoms with Crippen LogP contribution >= 0.6 is 0 Å². The highest BCUT2D eigenvalue weighted by atomic mass is 16.2. The van der Waals surface area contributed by atoms with Crippen LogP contribution in [0.5, 0.6) is 0 Å².